The third-order valence-electron chi connectivity index (χ3n) is 2.40. The van der Waals surface area contributed by atoms with Crippen LogP contribution in [0.3, 0.4) is 0 Å². The summed E-state index contributed by atoms with van der Waals surface area (Å²) in [5, 5.41) is 1.14. The second-order valence-corrected chi connectivity index (χ2v) is 4.89. The summed E-state index contributed by atoms with van der Waals surface area (Å²) >= 11 is 1.74. The maximum Gasteiger partial charge on any atom is 0.0946 e. The monoisotopic (exact) mass is 229 g/mol. The Morgan fingerprint density at radius 1 is 1.53 bits per heavy atom. The van der Waals surface area contributed by atoms with Gasteiger partial charge in [0.2, 0.25) is 0 Å². The van der Waals surface area contributed by atoms with Gasteiger partial charge in [0.15, 0.2) is 0 Å². The molecule has 0 bridgehead atoms. The van der Waals surface area contributed by atoms with Gasteiger partial charge in [-0.2, -0.15) is 0 Å². The van der Waals surface area contributed by atoms with Crippen LogP contribution in [0.25, 0.3) is 0 Å². The van der Waals surface area contributed by atoms with Gasteiger partial charge in [-0.1, -0.05) is 0 Å². The van der Waals surface area contributed by atoms with Gasteiger partial charge in [-0.3, -0.25) is 11.3 Å². The quantitative estimate of drug-likeness (QED) is 0.568. The van der Waals surface area contributed by atoms with Crippen molar-refractivity contribution in [3.63, 3.8) is 0 Å². The number of thiazole rings is 1. The number of ether oxygens (including phenoxy) is 1. The van der Waals surface area contributed by atoms with Gasteiger partial charge in [-0.05, 0) is 20.3 Å². The minimum Gasteiger partial charge on any atom is -0.385 e. The normalized spacial score (nSPS) is 13.1. The number of methoxy groups -OCH3 is 1. The van der Waals surface area contributed by atoms with Crippen LogP contribution in [0.4, 0.5) is 0 Å². The van der Waals surface area contributed by atoms with E-state index >= 15 is 0 Å². The number of nitrogens with two attached hydrogens (primary N) is 1. The van der Waals surface area contributed by atoms with Gasteiger partial charge >= 0.3 is 0 Å². The van der Waals surface area contributed by atoms with Gasteiger partial charge in [-0.25, -0.2) is 4.98 Å². The molecule has 1 aromatic heterocycles. The van der Waals surface area contributed by atoms with Crippen LogP contribution in [0.5, 0.6) is 0 Å². The Morgan fingerprint density at radius 2 is 2.27 bits per heavy atom. The lowest BCUT2D eigenvalue weighted by Crippen LogP contribution is -2.37. The fraction of sp³-hybridized carbons (Fsp3) is 0.700. The number of nitrogens with one attached hydrogen (secondary N) is 1. The summed E-state index contributed by atoms with van der Waals surface area (Å²) in [6.07, 6.45) is 1.78. The predicted molar refractivity (Wildman–Crippen MR) is 62.9 cm³/mol. The molecule has 0 aliphatic rings. The van der Waals surface area contributed by atoms with Crippen LogP contribution in [0, 0.1) is 13.8 Å². The third-order valence-corrected chi connectivity index (χ3v) is 3.50. The number of rotatable bonds is 6. The molecule has 15 heavy (non-hydrogen) atoms. The molecule has 3 N–H and O–H groups in total. The highest BCUT2D eigenvalue weighted by Crippen LogP contribution is 2.18. The highest BCUT2D eigenvalue weighted by Gasteiger charge is 2.11. The highest BCUT2D eigenvalue weighted by molar-refractivity contribution is 7.11. The Balaban J connectivity index is 2.50. The minimum atomic E-state index is 0.245. The van der Waals surface area contributed by atoms with Crippen LogP contribution in [0.2, 0.25) is 0 Å². The average Bonchev–Trinajstić information content (AvgIpc) is 2.53. The van der Waals surface area contributed by atoms with E-state index in [0.717, 1.165) is 30.2 Å². The highest BCUT2D eigenvalue weighted by atomic mass is 32.1. The Bertz CT molecular complexity index is 281. The van der Waals surface area contributed by atoms with Crippen molar-refractivity contribution in [1.29, 1.82) is 0 Å². The topological polar surface area (TPSA) is 60.2 Å². The van der Waals surface area contributed by atoms with Crippen LogP contribution in [-0.2, 0) is 11.2 Å². The molecular formula is C10H19N3OS. The lowest BCUT2D eigenvalue weighted by Gasteiger charge is -2.13. The first kappa shape index (κ1) is 12.6. The van der Waals surface area contributed by atoms with Crippen LogP contribution >= 0.6 is 11.3 Å². The third kappa shape index (κ3) is 3.87. The van der Waals surface area contributed by atoms with Crippen molar-refractivity contribution in [2.45, 2.75) is 32.7 Å². The Kier molecular flexibility index (Phi) is 5.17. The van der Waals surface area contributed by atoms with E-state index in [4.69, 9.17) is 10.6 Å². The molecule has 0 spiro atoms. The largest absolute Gasteiger partial charge is 0.385 e. The van der Waals surface area contributed by atoms with Crippen molar-refractivity contribution in [3.8, 4) is 0 Å². The molecule has 86 valence electrons. The van der Waals surface area contributed by atoms with Crippen molar-refractivity contribution in [3.05, 3.63) is 15.6 Å². The van der Waals surface area contributed by atoms with Gasteiger partial charge in [0, 0.05) is 31.1 Å². The average molecular weight is 229 g/mol. The van der Waals surface area contributed by atoms with Crippen molar-refractivity contribution >= 4 is 11.3 Å². The zero-order chi connectivity index (χ0) is 11.3. The molecule has 0 aliphatic carbocycles. The molecule has 0 aromatic carbocycles. The number of aryl methyl sites for hydroxylation is 2. The second-order valence-electron chi connectivity index (χ2n) is 3.60. The van der Waals surface area contributed by atoms with E-state index in [0.29, 0.717) is 0 Å². The molecule has 1 aromatic rings. The van der Waals surface area contributed by atoms with Gasteiger partial charge in [0.25, 0.3) is 0 Å². The Hall–Kier alpha value is -0.490. The lowest BCUT2D eigenvalue weighted by atomic mass is 10.1. The van der Waals surface area contributed by atoms with E-state index in [-0.39, 0.29) is 6.04 Å². The fourth-order valence-electron chi connectivity index (χ4n) is 1.34. The predicted octanol–water partition coefficient (Wildman–Crippen LogP) is 1.17. The first-order chi connectivity index (χ1) is 7.17. The zero-order valence-corrected chi connectivity index (χ0v) is 10.4. The van der Waals surface area contributed by atoms with E-state index in [2.05, 4.69) is 17.3 Å². The maximum absolute atomic E-state index is 5.48. The van der Waals surface area contributed by atoms with Crippen molar-refractivity contribution in [2.75, 3.05) is 13.7 Å². The minimum absolute atomic E-state index is 0.245. The summed E-state index contributed by atoms with van der Waals surface area (Å²) in [6, 6.07) is 0.245. The van der Waals surface area contributed by atoms with Crippen LogP contribution in [0.1, 0.15) is 22.0 Å². The summed E-state index contributed by atoms with van der Waals surface area (Å²) in [7, 11) is 1.70. The van der Waals surface area contributed by atoms with Crippen LogP contribution < -0.4 is 11.3 Å². The Morgan fingerprint density at radius 3 is 2.73 bits per heavy atom. The summed E-state index contributed by atoms with van der Waals surface area (Å²) < 4.78 is 5.03. The number of hydrazine groups is 1. The number of aromatic nitrogens is 1. The fourth-order valence-corrected chi connectivity index (χ4v) is 2.36. The molecule has 1 atom stereocenters. The van der Waals surface area contributed by atoms with E-state index in [1.165, 1.54) is 4.88 Å². The zero-order valence-electron chi connectivity index (χ0n) is 9.54. The first-order valence-corrected chi connectivity index (χ1v) is 5.87. The van der Waals surface area contributed by atoms with Gasteiger partial charge < -0.3 is 4.74 Å². The van der Waals surface area contributed by atoms with Crippen molar-refractivity contribution in [1.82, 2.24) is 10.4 Å². The molecule has 1 heterocycles. The summed E-state index contributed by atoms with van der Waals surface area (Å²) in [5.41, 5.74) is 3.92. The molecule has 0 amide bonds. The van der Waals surface area contributed by atoms with E-state index in [1.54, 1.807) is 18.4 Å². The molecule has 0 fully saturated rings. The molecular weight excluding hydrogens is 210 g/mol. The first-order valence-electron chi connectivity index (χ1n) is 5.05. The maximum atomic E-state index is 5.48. The molecule has 1 rings (SSSR count). The van der Waals surface area contributed by atoms with Crippen LogP contribution in [-0.4, -0.2) is 24.7 Å². The number of hydrogen-bond donors (Lipinski definition) is 2. The number of nitrogens with zero attached hydrogens (tertiary/aromatic N) is 1. The second kappa shape index (κ2) is 6.17. The standard InChI is InChI=1S/C10H19N3OS/c1-7-8(2)15-10(12-7)6-9(13-11)4-5-14-3/h9,13H,4-6,11H2,1-3H3. The summed E-state index contributed by atoms with van der Waals surface area (Å²) in [5.74, 6) is 5.48. The van der Waals surface area contributed by atoms with Gasteiger partial charge in [0.1, 0.15) is 0 Å². The molecule has 0 radical (unpaired) electrons. The van der Waals surface area contributed by atoms with E-state index in [1.807, 2.05) is 6.92 Å². The van der Waals surface area contributed by atoms with Gasteiger partial charge in [0.05, 0.1) is 10.7 Å². The molecule has 4 nitrogen and oxygen atoms in total. The SMILES string of the molecule is COCCC(Cc1nc(C)c(C)s1)NN. The van der Waals surface area contributed by atoms with Crippen molar-refractivity contribution < 1.29 is 4.74 Å². The van der Waals surface area contributed by atoms with Gasteiger partial charge in [-0.15, -0.1) is 11.3 Å². The summed E-state index contributed by atoms with van der Waals surface area (Å²) in [4.78, 5) is 5.77. The van der Waals surface area contributed by atoms with E-state index in [9.17, 15) is 0 Å². The van der Waals surface area contributed by atoms with Crippen molar-refractivity contribution in [2.24, 2.45) is 5.84 Å². The molecule has 5 heteroatoms. The molecule has 0 saturated heterocycles. The number of hydrogen-bond acceptors (Lipinski definition) is 5. The molecule has 0 aliphatic heterocycles. The molecule has 1 unspecified atom stereocenters. The molecule has 0 saturated carbocycles. The lowest BCUT2D eigenvalue weighted by molar-refractivity contribution is 0.182. The smallest absolute Gasteiger partial charge is 0.0946 e. The summed E-state index contributed by atoms with van der Waals surface area (Å²) in [6.45, 7) is 4.85. The van der Waals surface area contributed by atoms with Crippen LogP contribution in [0.15, 0.2) is 0 Å². The van der Waals surface area contributed by atoms with E-state index < -0.39 is 0 Å². The Labute approximate surface area is 94.8 Å².